The Hall–Kier alpha value is -3.28. The van der Waals surface area contributed by atoms with E-state index in [1.807, 2.05) is 6.07 Å². The minimum Gasteiger partial charge on any atom is -0.468 e. The standard InChI is InChI=1S/C19H17F3N4O2/c1-26(25-15-6-2-12(9-23)3-7-15)18(27)14-8-16(13-4-5-13)17(24-10-14)28-11-19(20,21)22/h2-3,6-8,10,13,25H,4-5,11H2,1H3. The molecule has 1 aromatic carbocycles. The number of nitrogens with zero attached hydrogens (tertiary/aromatic N) is 3. The summed E-state index contributed by atoms with van der Waals surface area (Å²) in [5.41, 5.74) is 4.74. The zero-order valence-corrected chi connectivity index (χ0v) is 15.0. The highest BCUT2D eigenvalue weighted by molar-refractivity contribution is 5.94. The van der Waals surface area contributed by atoms with Gasteiger partial charge in [-0.2, -0.15) is 18.4 Å². The fraction of sp³-hybridized carbons (Fsp3) is 0.316. The van der Waals surface area contributed by atoms with Crippen LogP contribution in [-0.2, 0) is 0 Å². The molecule has 1 saturated carbocycles. The molecule has 0 saturated heterocycles. The number of nitriles is 1. The van der Waals surface area contributed by atoms with Crippen LogP contribution in [0.1, 0.15) is 40.2 Å². The van der Waals surface area contributed by atoms with Gasteiger partial charge < -0.3 is 4.74 Å². The molecule has 1 amide bonds. The third-order valence-electron chi connectivity index (χ3n) is 4.13. The first kappa shape index (κ1) is 19.5. The maximum Gasteiger partial charge on any atom is 0.422 e. The Morgan fingerprint density at radius 1 is 1.36 bits per heavy atom. The molecule has 0 bridgehead atoms. The molecule has 1 fully saturated rings. The molecule has 28 heavy (non-hydrogen) atoms. The van der Waals surface area contributed by atoms with Crippen LogP contribution in [0.2, 0.25) is 0 Å². The maximum absolute atomic E-state index is 12.6. The lowest BCUT2D eigenvalue weighted by molar-refractivity contribution is -0.154. The Morgan fingerprint density at radius 3 is 2.61 bits per heavy atom. The number of nitrogens with one attached hydrogen (secondary N) is 1. The summed E-state index contributed by atoms with van der Waals surface area (Å²) in [7, 11) is 1.52. The normalized spacial score (nSPS) is 13.5. The number of aromatic nitrogens is 1. The number of ether oxygens (including phenoxy) is 1. The van der Waals surface area contributed by atoms with Gasteiger partial charge in [-0.05, 0) is 49.1 Å². The van der Waals surface area contributed by atoms with Crippen molar-refractivity contribution in [3.8, 4) is 11.9 Å². The van der Waals surface area contributed by atoms with Crippen molar-refractivity contribution in [1.29, 1.82) is 5.26 Å². The zero-order valence-electron chi connectivity index (χ0n) is 15.0. The van der Waals surface area contributed by atoms with Gasteiger partial charge >= 0.3 is 6.18 Å². The molecule has 0 spiro atoms. The number of carbonyl (C=O) groups is 1. The van der Waals surface area contributed by atoms with Gasteiger partial charge in [-0.1, -0.05) is 0 Å². The second kappa shape index (κ2) is 7.76. The van der Waals surface area contributed by atoms with Crippen LogP contribution in [0.4, 0.5) is 18.9 Å². The number of hydrogen-bond acceptors (Lipinski definition) is 5. The van der Waals surface area contributed by atoms with E-state index in [0.717, 1.165) is 12.8 Å². The van der Waals surface area contributed by atoms with E-state index in [2.05, 4.69) is 10.4 Å². The minimum atomic E-state index is -4.46. The Kier molecular flexibility index (Phi) is 5.40. The molecule has 9 heteroatoms. The molecule has 1 aromatic heterocycles. The largest absolute Gasteiger partial charge is 0.468 e. The molecular formula is C19H17F3N4O2. The van der Waals surface area contributed by atoms with Gasteiger partial charge in [0.2, 0.25) is 5.88 Å². The van der Waals surface area contributed by atoms with Crippen molar-refractivity contribution < 1.29 is 22.7 Å². The molecule has 146 valence electrons. The highest BCUT2D eigenvalue weighted by Crippen LogP contribution is 2.44. The van der Waals surface area contributed by atoms with Crippen LogP contribution in [0.3, 0.4) is 0 Å². The number of rotatable bonds is 6. The molecule has 0 atom stereocenters. The average Bonchev–Trinajstić information content (AvgIpc) is 3.51. The third-order valence-corrected chi connectivity index (χ3v) is 4.13. The van der Waals surface area contributed by atoms with Crippen LogP contribution in [-0.4, -0.2) is 35.7 Å². The molecule has 2 aromatic rings. The van der Waals surface area contributed by atoms with Gasteiger partial charge in [0.25, 0.3) is 5.91 Å². The van der Waals surface area contributed by atoms with Gasteiger partial charge in [-0.3, -0.25) is 15.2 Å². The van der Waals surface area contributed by atoms with E-state index < -0.39 is 18.7 Å². The fourth-order valence-electron chi connectivity index (χ4n) is 2.60. The number of anilines is 1. The SMILES string of the molecule is CN(Nc1ccc(C#N)cc1)C(=O)c1cnc(OCC(F)(F)F)c(C2CC2)c1. The topological polar surface area (TPSA) is 78.3 Å². The molecule has 0 aliphatic heterocycles. The van der Waals surface area contributed by atoms with Crippen LogP contribution >= 0.6 is 0 Å². The minimum absolute atomic E-state index is 0.0558. The molecule has 0 unspecified atom stereocenters. The van der Waals surface area contributed by atoms with E-state index in [1.54, 1.807) is 24.3 Å². The maximum atomic E-state index is 12.6. The molecule has 1 aliphatic carbocycles. The molecule has 1 N–H and O–H groups in total. The highest BCUT2D eigenvalue weighted by Gasteiger charge is 2.32. The molecule has 1 heterocycles. The summed E-state index contributed by atoms with van der Waals surface area (Å²) >= 11 is 0. The van der Waals surface area contributed by atoms with Crippen LogP contribution in [0.15, 0.2) is 36.5 Å². The van der Waals surface area contributed by atoms with Gasteiger partial charge in [-0.25, -0.2) is 4.98 Å². The predicted octanol–water partition coefficient (Wildman–Crippen LogP) is 3.87. The van der Waals surface area contributed by atoms with Gasteiger partial charge in [0.05, 0.1) is 22.9 Å². The molecule has 1 aliphatic rings. The number of halogens is 3. The number of hydrogen-bond donors (Lipinski definition) is 1. The van der Waals surface area contributed by atoms with E-state index in [1.165, 1.54) is 24.3 Å². The molecule has 3 rings (SSSR count). The van der Waals surface area contributed by atoms with E-state index in [4.69, 9.17) is 10.00 Å². The predicted molar refractivity (Wildman–Crippen MR) is 94.6 cm³/mol. The monoisotopic (exact) mass is 390 g/mol. The lowest BCUT2D eigenvalue weighted by Crippen LogP contribution is -2.32. The van der Waals surface area contributed by atoms with E-state index in [-0.39, 0.29) is 17.4 Å². The van der Waals surface area contributed by atoms with Crippen molar-refractivity contribution in [2.45, 2.75) is 24.9 Å². The van der Waals surface area contributed by atoms with Gasteiger partial charge in [0.15, 0.2) is 6.61 Å². The number of pyridine rings is 1. The Morgan fingerprint density at radius 2 is 2.04 bits per heavy atom. The second-order valence-corrected chi connectivity index (χ2v) is 6.46. The number of hydrazine groups is 1. The van der Waals surface area contributed by atoms with Gasteiger partial charge in [0.1, 0.15) is 0 Å². The molecule has 6 nitrogen and oxygen atoms in total. The van der Waals surface area contributed by atoms with Crippen molar-refractivity contribution in [3.63, 3.8) is 0 Å². The van der Waals surface area contributed by atoms with Crippen molar-refractivity contribution in [3.05, 3.63) is 53.2 Å². The number of amides is 1. The summed E-state index contributed by atoms with van der Waals surface area (Å²) in [4.78, 5) is 16.6. The van der Waals surface area contributed by atoms with E-state index in [0.29, 0.717) is 16.8 Å². The summed E-state index contributed by atoms with van der Waals surface area (Å²) in [5.74, 6) is -0.430. The molecular weight excluding hydrogens is 373 g/mol. The Bertz CT molecular complexity index is 903. The van der Waals surface area contributed by atoms with E-state index >= 15 is 0 Å². The first-order chi connectivity index (χ1) is 13.3. The number of carbonyl (C=O) groups excluding carboxylic acids is 1. The second-order valence-electron chi connectivity index (χ2n) is 6.46. The number of alkyl halides is 3. The van der Waals surface area contributed by atoms with Crippen LogP contribution in [0, 0.1) is 11.3 Å². The summed E-state index contributed by atoms with van der Waals surface area (Å²) in [6.07, 6.45) is -1.61. The van der Waals surface area contributed by atoms with E-state index in [9.17, 15) is 18.0 Å². The first-order valence-corrected chi connectivity index (χ1v) is 8.51. The summed E-state index contributed by atoms with van der Waals surface area (Å²) in [6, 6.07) is 10.1. The van der Waals surface area contributed by atoms with Crippen molar-refractivity contribution in [2.24, 2.45) is 0 Å². The smallest absolute Gasteiger partial charge is 0.422 e. The summed E-state index contributed by atoms with van der Waals surface area (Å²) in [5, 5.41) is 10.1. The summed E-state index contributed by atoms with van der Waals surface area (Å²) < 4.78 is 42.1. The van der Waals surface area contributed by atoms with Gasteiger partial charge in [-0.15, -0.1) is 0 Å². The lowest BCUT2D eigenvalue weighted by Gasteiger charge is -2.20. The van der Waals surface area contributed by atoms with Crippen LogP contribution < -0.4 is 10.2 Å². The van der Waals surface area contributed by atoms with Crippen LogP contribution in [0.5, 0.6) is 5.88 Å². The van der Waals surface area contributed by atoms with Crippen molar-refractivity contribution >= 4 is 11.6 Å². The van der Waals surface area contributed by atoms with Crippen LogP contribution in [0.25, 0.3) is 0 Å². The van der Waals surface area contributed by atoms with Crippen molar-refractivity contribution in [1.82, 2.24) is 9.99 Å². The Labute approximate surface area is 159 Å². The third kappa shape index (κ3) is 4.91. The zero-order chi connectivity index (χ0) is 20.3. The quantitative estimate of drug-likeness (QED) is 0.758. The van der Waals surface area contributed by atoms with Crippen molar-refractivity contribution in [2.75, 3.05) is 19.1 Å². The Balaban J connectivity index is 1.73. The first-order valence-electron chi connectivity index (χ1n) is 8.51. The summed E-state index contributed by atoms with van der Waals surface area (Å²) in [6.45, 7) is -1.42. The lowest BCUT2D eigenvalue weighted by atomic mass is 10.1. The molecule has 0 radical (unpaired) electrons. The van der Waals surface area contributed by atoms with Gasteiger partial charge in [0, 0.05) is 18.8 Å². The highest BCUT2D eigenvalue weighted by atomic mass is 19.4. The average molecular weight is 390 g/mol. The number of benzene rings is 1. The fourth-order valence-corrected chi connectivity index (χ4v) is 2.60.